The number of thioether (sulfide) groups is 1. The molecule has 3 aromatic rings. The van der Waals surface area contributed by atoms with Crippen molar-refractivity contribution in [1.29, 1.82) is 0 Å². The molecule has 0 spiro atoms. The minimum absolute atomic E-state index is 0.0901. The standard InChI is InChI=1S/C21H20F3N3O4S/c1-13-5-3-4-6-15(13)19-26-27-20(31-19)32-12-18(28)25-16-11-14(21(22,23)24)7-8-17(16)30-10-9-29-2/h3-8,11H,9-10,12H2,1-2H3,(H,25,28). The number of ether oxygens (including phenoxy) is 2. The number of methoxy groups -OCH3 is 1. The highest BCUT2D eigenvalue weighted by Gasteiger charge is 2.31. The van der Waals surface area contributed by atoms with Gasteiger partial charge in [0, 0.05) is 12.7 Å². The molecule has 7 nitrogen and oxygen atoms in total. The van der Waals surface area contributed by atoms with Crippen LogP contribution in [0, 0.1) is 6.92 Å². The monoisotopic (exact) mass is 467 g/mol. The maximum absolute atomic E-state index is 13.1. The third-order valence-corrected chi connectivity index (χ3v) is 5.05. The van der Waals surface area contributed by atoms with E-state index in [9.17, 15) is 18.0 Å². The van der Waals surface area contributed by atoms with Gasteiger partial charge in [-0.1, -0.05) is 30.0 Å². The first kappa shape index (κ1) is 23.6. The van der Waals surface area contributed by atoms with Crippen LogP contribution in [-0.4, -0.2) is 42.2 Å². The molecule has 0 saturated heterocycles. The summed E-state index contributed by atoms with van der Waals surface area (Å²) in [7, 11) is 1.47. The molecule has 1 N–H and O–H groups in total. The highest BCUT2D eigenvalue weighted by atomic mass is 32.2. The molecule has 3 rings (SSSR count). The van der Waals surface area contributed by atoms with E-state index in [1.807, 2.05) is 31.2 Å². The maximum atomic E-state index is 13.1. The van der Waals surface area contributed by atoms with Crippen LogP contribution in [0.4, 0.5) is 18.9 Å². The molecule has 1 amide bonds. The smallest absolute Gasteiger partial charge is 0.416 e. The topological polar surface area (TPSA) is 86.5 Å². The molecule has 0 unspecified atom stereocenters. The first-order chi connectivity index (χ1) is 15.3. The number of nitrogens with zero attached hydrogens (tertiary/aromatic N) is 2. The second kappa shape index (κ2) is 10.5. The summed E-state index contributed by atoms with van der Waals surface area (Å²) in [6.45, 7) is 2.26. The van der Waals surface area contributed by atoms with E-state index in [2.05, 4.69) is 15.5 Å². The number of benzene rings is 2. The Morgan fingerprint density at radius 2 is 1.94 bits per heavy atom. The van der Waals surface area contributed by atoms with Gasteiger partial charge in [0.15, 0.2) is 0 Å². The largest absolute Gasteiger partial charge is 0.489 e. The SMILES string of the molecule is COCCOc1ccc(C(F)(F)F)cc1NC(=O)CSc1nnc(-c2ccccc2C)o1. The quantitative estimate of drug-likeness (QED) is 0.357. The second-order valence-electron chi connectivity index (χ2n) is 6.57. The van der Waals surface area contributed by atoms with Crippen LogP contribution in [0.25, 0.3) is 11.5 Å². The van der Waals surface area contributed by atoms with Crippen LogP contribution in [0.3, 0.4) is 0 Å². The van der Waals surface area contributed by atoms with E-state index in [-0.39, 0.29) is 35.6 Å². The molecule has 0 aliphatic rings. The van der Waals surface area contributed by atoms with Gasteiger partial charge in [0.1, 0.15) is 12.4 Å². The van der Waals surface area contributed by atoms with E-state index >= 15 is 0 Å². The number of carbonyl (C=O) groups is 1. The molecular formula is C21H20F3N3O4S. The Hall–Kier alpha value is -3.05. The highest BCUT2D eigenvalue weighted by molar-refractivity contribution is 7.99. The summed E-state index contributed by atoms with van der Waals surface area (Å²) in [5.41, 5.74) is 0.737. The van der Waals surface area contributed by atoms with E-state index in [1.165, 1.54) is 7.11 Å². The van der Waals surface area contributed by atoms with Crippen molar-refractivity contribution in [3.05, 3.63) is 53.6 Å². The van der Waals surface area contributed by atoms with Gasteiger partial charge in [-0.05, 0) is 36.8 Å². The highest BCUT2D eigenvalue weighted by Crippen LogP contribution is 2.35. The number of carbonyl (C=O) groups excluding carboxylic acids is 1. The molecule has 170 valence electrons. The Morgan fingerprint density at radius 3 is 2.66 bits per heavy atom. The van der Waals surface area contributed by atoms with Gasteiger partial charge in [-0.2, -0.15) is 13.2 Å². The Morgan fingerprint density at radius 1 is 1.16 bits per heavy atom. The van der Waals surface area contributed by atoms with Crippen molar-refractivity contribution < 1.29 is 31.9 Å². The molecule has 0 saturated carbocycles. The fraction of sp³-hybridized carbons (Fsp3) is 0.286. The van der Waals surface area contributed by atoms with Gasteiger partial charge in [0.25, 0.3) is 5.22 Å². The summed E-state index contributed by atoms with van der Waals surface area (Å²) in [5.74, 6) is -0.282. The first-order valence-corrected chi connectivity index (χ1v) is 10.4. The van der Waals surface area contributed by atoms with E-state index < -0.39 is 17.6 Å². The number of rotatable bonds is 9. The lowest BCUT2D eigenvalue weighted by Gasteiger charge is -2.15. The lowest BCUT2D eigenvalue weighted by atomic mass is 10.1. The Bertz CT molecular complexity index is 1070. The third-order valence-electron chi connectivity index (χ3n) is 4.23. The average molecular weight is 467 g/mol. The number of amides is 1. The number of nitrogens with one attached hydrogen (secondary N) is 1. The van der Waals surface area contributed by atoms with Crippen LogP contribution in [0.5, 0.6) is 5.75 Å². The van der Waals surface area contributed by atoms with Gasteiger partial charge >= 0.3 is 6.18 Å². The molecule has 1 heterocycles. The van der Waals surface area contributed by atoms with Gasteiger partial charge in [-0.15, -0.1) is 10.2 Å². The summed E-state index contributed by atoms with van der Waals surface area (Å²) in [4.78, 5) is 12.4. The molecule has 0 fully saturated rings. The molecule has 0 aliphatic carbocycles. The van der Waals surface area contributed by atoms with E-state index in [4.69, 9.17) is 13.9 Å². The molecule has 0 radical (unpaired) electrons. The fourth-order valence-corrected chi connectivity index (χ4v) is 3.23. The predicted molar refractivity (Wildman–Crippen MR) is 113 cm³/mol. The third kappa shape index (κ3) is 6.24. The zero-order chi connectivity index (χ0) is 23.1. The molecule has 0 bridgehead atoms. The van der Waals surface area contributed by atoms with Crippen LogP contribution < -0.4 is 10.1 Å². The van der Waals surface area contributed by atoms with Crippen LogP contribution in [0.1, 0.15) is 11.1 Å². The number of anilines is 1. The predicted octanol–water partition coefficient (Wildman–Crippen LogP) is 4.82. The van der Waals surface area contributed by atoms with E-state index in [0.717, 1.165) is 41.1 Å². The fourth-order valence-electron chi connectivity index (χ4n) is 2.67. The van der Waals surface area contributed by atoms with Crippen molar-refractivity contribution in [2.24, 2.45) is 0 Å². The molecule has 32 heavy (non-hydrogen) atoms. The summed E-state index contributed by atoms with van der Waals surface area (Å²) in [6, 6.07) is 10.3. The van der Waals surface area contributed by atoms with Crippen molar-refractivity contribution in [3.63, 3.8) is 0 Å². The molecular weight excluding hydrogens is 447 g/mol. The van der Waals surface area contributed by atoms with E-state index in [1.54, 1.807) is 0 Å². The van der Waals surface area contributed by atoms with Crippen molar-refractivity contribution in [3.8, 4) is 17.2 Å². The van der Waals surface area contributed by atoms with Crippen molar-refractivity contribution in [2.75, 3.05) is 31.4 Å². The van der Waals surface area contributed by atoms with Gasteiger partial charge in [-0.3, -0.25) is 4.79 Å². The number of halogens is 3. The Kier molecular flexibility index (Phi) is 7.75. The second-order valence-corrected chi connectivity index (χ2v) is 7.50. The number of hydrogen-bond acceptors (Lipinski definition) is 7. The minimum Gasteiger partial charge on any atom is -0.489 e. The molecule has 11 heteroatoms. The lowest BCUT2D eigenvalue weighted by Crippen LogP contribution is -2.17. The van der Waals surface area contributed by atoms with Gasteiger partial charge < -0.3 is 19.2 Å². The van der Waals surface area contributed by atoms with Crippen LogP contribution in [-0.2, 0) is 15.7 Å². The van der Waals surface area contributed by atoms with Crippen LogP contribution in [0.15, 0.2) is 52.1 Å². The number of alkyl halides is 3. The zero-order valence-electron chi connectivity index (χ0n) is 17.2. The van der Waals surface area contributed by atoms with Crippen LogP contribution >= 0.6 is 11.8 Å². The molecule has 0 atom stereocenters. The van der Waals surface area contributed by atoms with Gasteiger partial charge in [0.05, 0.1) is 23.6 Å². The number of aryl methyl sites for hydroxylation is 1. The minimum atomic E-state index is -4.56. The lowest BCUT2D eigenvalue weighted by molar-refractivity contribution is -0.137. The summed E-state index contributed by atoms with van der Waals surface area (Å²) >= 11 is 0.971. The summed E-state index contributed by atoms with van der Waals surface area (Å²) in [5, 5.41) is 10.5. The van der Waals surface area contributed by atoms with Gasteiger partial charge in [-0.25, -0.2) is 0 Å². The average Bonchev–Trinajstić information content (AvgIpc) is 3.22. The van der Waals surface area contributed by atoms with Crippen molar-refractivity contribution in [1.82, 2.24) is 10.2 Å². The first-order valence-electron chi connectivity index (χ1n) is 9.43. The molecule has 1 aromatic heterocycles. The molecule has 2 aromatic carbocycles. The van der Waals surface area contributed by atoms with Crippen molar-refractivity contribution >= 4 is 23.4 Å². The number of aromatic nitrogens is 2. The summed E-state index contributed by atoms with van der Waals surface area (Å²) in [6.07, 6.45) is -4.56. The maximum Gasteiger partial charge on any atom is 0.416 e. The summed E-state index contributed by atoms with van der Waals surface area (Å²) < 4.78 is 55.1. The normalized spacial score (nSPS) is 11.4. The van der Waals surface area contributed by atoms with Crippen LogP contribution in [0.2, 0.25) is 0 Å². The number of hydrogen-bond donors (Lipinski definition) is 1. The Labute approximate surface area is 186 Å². The van der Waals surface area contributed by atoms with Gasteiger partial charge in [0.2, 0.25) is 11.8 Å². The zero-order valence-corrected chi connectivity index (χ0v) is 18.0. The Balaban J connectivity index is 1.67. The van der Waals surface area contributed by atoms with Crippen molar-refractivity contribution in [2.45, 2.75) is 18.3 Å². The van der Waals surface area contributed by atoms with E-state index in [0.29, 0.717) is 5.89 Å². The molecule has 0 aliphatic heterocycles.